The van der Waals surface area contributed by atoms with Gasteiger partial charge in [-0.15, -0.1) is 0 Å². The highest BCUT2D eigenvalue weighted by atomic mass is 16.7. The van der Waals surface area contributed by atoms with Crippen LogP contribution < -0.4 is 0 Å². The third-order valence-corrected chi connectivity index (χ3v) is 1.62. The molecule has 24 heavy (non-hydrogen) atoms. The quantitative estimate of drug-likeness (QED) is 0.338. The second-order valence-corrected chi connectivity index (χ2v) is 3.50. The minimum Gasteiger partial charge on any atom is -0.478 e. The Bertz CT molecular complexity index is 354. The summed E-state index contributed by atoms with van der Waals surface area (Å²) in [7, 11) is 0. The largest absolute Gasteiger partial charge is 0.478 e. The first kappa shape index (κ1) is 26.4. The monoisotopic (exact) mass is 350 g/mol. The molecule has 1 saturated heterocycles. The SMILES string of the molecule is C=CC(=O)O.C=CC(=O)O.C=CC(=O)O.OC(O)C1OCCCO1. The summed E-state index contributed by atoms with van der Waals surface area (Å²) in [6, 6.07) is 0. The molecular formula is C14H22O10. The molecule has 1 aliphatic rings. The number of hydrogen-bond acceptors (Lipinski definition) is 7. The second kappa shape index (κ2) is 18.5. The van der Waals surface area contributed by atoms with Crippen LogP contribution in [0, 0.1) is 0 Å². The van der Waals surface area contributed by atoms with E-state index in [-0.39, 0.29) is 0 Å². The van der Waals surface area contributed by atoms with Crippen molar-refractivity contribution < 1.29 is 49.4 Å². The highest BCUT2D eigenvalue weighted by Gasteiger charge is 2.20. The van der Waals surface area contributed by atoms with Crippen molar-refractivity contribution in [1.29, 1.82) is 0 Å². The Morgan fingerprint density at radius 2 is 1.08 bits per heavy atom. The number of carboxylic acids is 3. The van der Waals surface area contributed by atoms with Gasteiger partial charge in [0.25, 0.3) is 0 Å². The molecule has 0 atom stereocenters. The van der Waals surface area contributed by atoms with Crippen LogP contribution in [0.15, 0.2) is 38.0 Å². The van der Waals surface area contributed by atoms with Crippen molar-refractivity contribution >= 4 is 17.9 Å². The summed E-state index contributed by atoms with van der Waals surface area (Å²) >= 11 is 0. The first-order chi connectivity index (χ1) is 11.1. The standard InChI is InChI=1S/C5H10O4.3C3H4O2/c6-4(7)5-8-2-1-3-9-5;3*1-2-3(4)5/h4-7H,1-3H2;3*2H,1H2,(H,4,5). The fourth-order valence-corrected chi connectivity index (χ4v) is 0.678. The zero-order valence-corrected chi connectivity index (χ0v) is 12.9. The predicted octanol–water partition coefficient (Wildman–Crippen LogP) is -0.169. The van der Waals surface area contributed by atoms with Crippen LogP contribution in [0.5, 0.6) is 0 Å². The Kier molecular flexibility index (Phi) is 20.3. The average Bonchev–Trinajstić information content (AvgIpc) is 2.57. The van der Waals surface area contributed by atoms with Crippen molar-refractivity contribution in [3.05, 3.63) is 38.0 Å². The van der Waals surface area contributed by atoms with Crippen molar-refractivity contribution in [2.24, 2.45) is 0 Å². The van der Waals surface area contributed by atoms with E-state index >= 15 is 0 Å². The number of hydrogen-bond donors (Lipinski definition) is 5. The number of aliphatic carboxylic acids is 3. The molecule has 0 unspecified atom stereocenters. The number of carboxylic acid groups (broad SMARTS) is 3. The first-order valence-electron chi connectivity index (χ1n) is 6.27. The summed E-state index contributed by atoms with van der Waals surface area (Å²) < 4.78 is 9.63. The lowest BCUT2D eigenvalue weighted by atomic mass is 10.4. The van der Waals surface area contributed by atoms with Gasteiger partial charge in [-0.3, -0.25) is 0 Å². The van der Waals surface area contributed by atoms with Gasteiger partial charge >= 0.3 is 17.9 Å². The summed E-state index contributed by atoms with van der Waals surface area (Å²) in [5.41, 5.74) is 0. The van der Waals surface area contributed by atoms with Gasteiger partial charge in [-0.05, 0) is 6.42 Å². The summed E-state index contributed by atoms with van der Waals surface area (Å²) in [4.78, 5) is 27.8. The minimum absolute atomic E-state index is 0.544. The summed E-state index contributed by atoms with van der Waals surface area (Å²) in [6.45, 7) is 9.97. The van der Waals surface area contributed by atoms with E-state index in [0.29, 0.717) is 13.2 Å². The molecule has 1 rings (SSSR count). The zero-order valence-electron chi connectivity index (χ0n) is 12.9. The van der Waals surface area contributed by atoms with Crippen LogP contribution in [0.3, 0.4) is 0 Å². The van der Waals surface area contributed by atoms with Gasteiger partial charge in [0.2, 0.25) is 12.6 Å². The molecule has 1 aliphatic heterocycles. The second-order valence-electron chi connectivity index (χ2n) is 3.50. The molecule has 0 aromatic rings. The van der Waals surface area contributed by atoms with Crippen LogP contribution in [-0.4, -0.2) is 69.2 Å². The molecule has 0 saturated carbocycles. The van der Waals surface area contributed by atoms with Gasteiger partial charge in [0.05, 0.1) is 13.2 Å². The summed E-state index contributed by atoms with van der Waals surface area (Å²) in [5, 5.41) is 39.8. The van der Waals surface area contributed by atoms with Gasteiger partial charge in [0.15, 0.2) is 0 Å². The van der Waals surface area contributed by atoms with Crippen LogP contribution in [0.1, 0.15) is 6.42 Å². The molecule has 0 radical (unpaired) electrons. The highest BCUT2D eigenvalue weighted by molar-refractivity contribution is 5.79. The molecular weight excluding hydrogens is 328 g/mol. The lowest BCUT2D eigenvalue weighted by Gasteiger charge is -2.23. The molecule has 1 fully saturated rings. The van der Waals surface area contributed by atoms with Crippen LogP contribution in [0.4, 0.5) is 0 Å². The van der Waals surface area contributed by atoms with E-state index in [0.717, 1.165) is 24.6 Å². The predicted molar refractivity (Wildman–Crippen MR) is 82.0 cm³/mol. The fraction of sp³-hybridized carbons (Fsp3) is 0.357. The molecule has 1 heterocycles. The summed E-state index contributed by atoms with van der Waals surface area (Å²) in [6.07, 6.45) is 0.979. The van der Waals surface area contributed by atoms with E-state index < -0.39 is 30.5 Å². The summed E-state index contributed by atoms with van der Waals surface area (Å²) in [5.74, 6) is -2.94. The first-order valence-corrected chi connectivity index (χ1v) is 6.27. The minimum atomic E-state index is -1.51. The van der Waals surface area contributed by atoms with E-state index in [9.17, 15) is 14.4 Å². The van der Waals surface area contributed by atoms with Crippen molar-refractivity contribution in [2.75, 3.05) is 13.2 Å². The molecule has 10 nitrogen and oxygen atoms in total. The number of aliphatic hydroxyl groups is 2. The Hall–Kier alpha value is -2.53. The zero-order chi connectivity index (χ0) is 19.5. The topological polar surface area (TPSA) is 171 Å². The maximum absolute atomic E-state index is 9.25. The molecule has 0 bridgehead atoms. The average molecular weight is 350 g/mol. The fourth-order valence-electron chi connectivity index (χ4n) is 0.678. The van der Waals surface area contributed by atoms with Crippen molar-refractivity contribution in [3.8, 4) is 0 Å². The Labute approximate surface area is 138 Å². The van der Waals surface area contributed by atoms with Gasteiger partial charge in [0.1, 0.15) is 0 Å². The number of aliphatic hydroxyl groups excluding tert-OH is 1. The Balaban J connectivity index is -0.000000259. The van der Waals surface area contributed by atoms with E-state index in [1.165, 1.54) is 0 Å². The third kappa shape index (κ3) is 27.8. The smallest absolute Gasteiger partial charge is 0.327 e. The Morgan fingerprint density at radius 3 is 1.21 bits per heavy atom. The van der Waals surface area contributed by atoms with Crippen molar-refractivity contribution in [2.45, 2.75) is 19.0 Å². The van der Waals surface area contributed by atoms with E-state index in [1.54, 1.807) is 0 Å². The number of ether oxygens (including phenoxy) is 2. The maximum Gasteiger partial charge on any atom is 0.327 e. The van der Waals surface area contributed by atoms with Crippen molar-refractivity contribution in [3.63, 3.8) is 0 Å². The molecule has 0 spiro atoms. The van der Waals surface area contributed by atoms with E-state index in [4.69, 9.17) is 35.0 Å². The van der Waals surface area contributed by atoms with Gasteiger partial charge in [-0.25, -0.2) is 14.4 Å². The van der Waals surface area contributed by atoms with E-state index in [1.807, 2.05) is 0 Å². The number of rotatable bonds is 4. The highest BCUT2D eigenvalue weighted by Crippen LogP contribution is 2.06. The van der Waals surface area contributed by atoms with Gasteiger partial charge in [-0.2, -0.15) is 0 Å². The number of carbonyl (C=O) groups is 3. The van der Waals surface area contributed by atoms with Crippen molar-refractivity contribution in [1.82, 2.24) is 0 Å². The molecule has 0 aromatic heterocycles. The van der Waals surface area contributed by atoms with Crippen LogP contribution >= 0.6 is 0 Å². The molecule has 5 N–H and O–H groups in total. The van der Waals surface area contributed by atoms with Crippen LogP contribution in [0.2, 0.25) is 0 Å². The molecule has 0 aromatic carbocycles. The molecule has 10 heteroatoms. The maximum atomic E-state index is 9.25. The molecule has 138 valence electrons. The lowest BCUT2D eigenvalue weighted by Crippen LogP contribution is -2.35. The normalized spacial score (nSPS) is 12.6. The third-order valence-electron chi connectivity index (χ3n) is 1.62. The van der Waals surface area contributed by atoms with E-state index in [2.05, 4.69) is 19.7 Å². The molecule has 0 amide bonds. The van der Waals surface area contributed by atoms with Crippen LogP contribution in [0.25, 0.3) is 0 Å². The molecule has 0 aliphatic carbocycles. The van der Waals surface area contributed by atoms with Gasteiger partial charge in [0, 0.05) is 18.2 Å². The lowest BCUT2D eigenvalue weighted by molar-refractivity contribution is -0.273. The van der Waals surface area contributed by atoms with Gasteiger partial charge in [-0.1, -0.05) is 19.7 Å². The Morgan fingerprint density at radius 1 is 0.833 bits per heavy atom. The van der Waals surface area contributed by atoms with Gasteiger partial charge < -0.3 is 35.0 Å². The van der Waals surface area contributed by atoms with Crippen LogP contribution in [-0.2, 0) is 23.9 Å².